The molecule has 3 rings (SSSR count). The van der Waals surface area contributed by atoms with Crippen molar-refractivity contribution >= 4 is 24.5 Å². The van der Waals surface area contributed by atoms with Crippen LogP contribution in [0.3, 0.4) is 0 Å². The highest BCUT2D eigenvalue weighted by Gasteiger charge is 2.74. The lowest BCUT2D eigenvalue weighted by atomic mass is 9.62. The maximum absolute atomic E-state index is 12.9. The van der Waals surface area contributed by atoms with Gasteiger partial charge in [0.15, 0.2) is 8.32 Å². The van der Waals surface area contributed by atoms with E-state index in [0.29, 0.717) is 32.8 Å². The van der Waals surface area contributed by atoms with Gasteiger partial charge in [0.05, 0.1) is 25.4 Å². The molecule has 1 N–H and O–H groups in total. The van der Waals surface area contributed by atoms with E-state index in [0.717, 1.165) is 30.5 Å². The molecule has 58 heavy (non-hydrogen) atoms. The number of hydrogen-bond acceptors (Lipinski definition) is 9. The molecule has 0 heterocycles. The molecule has 2 aliphatic carbocycles. The Bertz CT molecular complexity index is 1420. The standard InChI is InChI=1S/C46H84O9Si3/c1-16-24-46(47)41(53-35-48-7)39-22-25-45(46,43(39,5)6)27-26-44(54-33-38-20-18-17-19-21-38,34-51-36-49-29-31-56(8,9)10)40(52-37-50-30-32-57(11,12)13)23-28-55-58(14,15)42(2,3)4/h16-21,24,26-27,39-41,47H,22-23,25,28-37H2,1-15H3/b24-16+,27-26+/t39-,40-,41-,44+,45-,46-/m1/s1. The van der Waals surface area contributed by atoms with Crippen LogP contribution >= 0.6 is 0 Å². The zero-order valence-electron chi connectivity index (χ0n) is 39.3. The molecule has 1 aromatic rings. The van der Waals surface area contributed by atoms with Gasteiger partial charge >= 0.3 is 0 Å². The molecule has 0 saturated heterocycles. The van der Waals surface area contributed by atoms with E-state index in [1.54, 1.807) is 7.11 Å². The predicted molar refractivity (Wildman–Crippen MR) is 245 cm³/mol. The van der Waals surface area contributed by atoms with E-state index in [-0.39, 0.29) is 43.4 Å². The zero-order valence-corrected chi connectivity index (χ0v) is 42.3. The summed E-state index contributed by atoms with van der Waals surface area (Å²) >= 11 is 0. The van der Waals surface area contributed by atoms with Crippen molar-refractivity contribution in [1.82, 2.24) is 0 Å². The normalized spacial score (nSPS) is 25.6. The minimum atomic E-state index is -2.09. The van der Waals surface area contributed by atoms with E-state index >= 15 is 0 Å². The van der Waals surface area contributed by atoms with Crippen molar-refractivity contribution in [3.63, 3.8) is 0 Å². The van der Waals surface area contributed by atoms with Crippen molar-refractivity contribution in [2.45, 2.75) is 160 Å². The molecule has 0 radical (unpaired) electrons. The first-order valence-corrected chi connectivity index (χ1v) is 32.1. The summed E-state index contributed by atoms with van der Waals surface area (Å²) < 4.78 is 51.5. The molecular weight excluding hydrogens is 781 g/mol. The number of hydrogen-bond donors (Lipinski definition) is 1. The monoisotopic (exact) mass is 865 g/mol. The second-order valence-electron chi connectivity index (χ2n) is 21.3. The van der Waals surface area contributed by atoms with Gasteiger partial charge in [-0.05, 0) is 73.3 Å². The van der Waals surface area contributed by atoms with E-state index in [1.807, 2.05) is 37.3 Å². The van der Waals surface area contributed by atoms with Crippen LogP contribution < -0.4 is 0 Å². The Morgan fingerprint density at radius 3 is 2.03 bits per heavy atom. The number of aliphatic hydroxyl groups is 1. The third-order valence-corrected chi connectivity index (χ3v) is 21.2. The fourth-order valence-corrected chi connectivity index (χ4v) is 11.0. The number of methoxy groups -OCH3 is 1. The first-order chi connectivity index (χ1) is 26.9. The molecule has 12 heteroatoms. The lowest BCUT2D eigenvalue weighted by Crippen LogP contribution is -2.55. The van der Waals surface area contributed by atoms with Gasteiger partial charge in [0.1, 0.15) is 31.6 Å². The van der Waals surface area contributed by atoms with Gasteiger partial charge in [-0.15, -0.1) is 0 Å². The Morgan fingerprint density at radius 2 is 1.47 bits per heavy atom. The molecule has 0 amide bonds. The van der Waals surface area contributed by atoms with Crippen LogP contribution in [-0.4, -0.2) is 107 Å². The van der Waals surface area contributed by atoms with E-state index in [9.17, 15) is 5.11 Å². The van der Waals surface area contributed by atoms with Gasteiger partial charge in [0.25, 0.3) is 0 Å². The van der Waals surface area contributed by atoms with Gasteiger partial charge in [0, 0.05) is 48.5 Å². The van der Waals surface area contributed by atoms with Crippen molar-refractivity contribution in [3.05, 3.63) is 60.2 Å². The first kappa shape index (κ1) is 51.3. The van der Waals surface area contributed by atoms with Crippen LogP contribution in [0, 0.1) is 16.7 Å². The highest BCUT2D eigenvalue weighted by Crippen LogP contribution is 2.71. The molecule has 6 atom stereocenters. The number of ether oxygens (including phenoxy) is 7. The van der Waals surface area contributed by atoms with Crippen LogP contribution in [0.1, 0.15) is 66.4 Å². The molecule has 9 nitrogen and oxygen atoms in total. The zero-order chi connectivity index (χ0) is 43.5. The Kier molecular flexibility index (Phi) is 18.9. The number of rotatable bonds is 27. The van der Waals surface area contributed by atoms with Crippen LogP contribution in [0.15, 0.2) is 54.6 Å². The minimum absolute atomic E-state index is 0.0470. The van der Waals surface area contributed by atoms with Crippen molar-refractivity contribution < 1.29 is 42.7 Å². The SMILES string of the molecule is C/C=C/[C@@]1(O)[C@H](OCOC)[C@H]2CC[C@@]1(/C=C/[C@@](COCOCC[Si](C)(C)C)(OCc1ccccc1)[C@@H](CCO[Si](C)(C)C(C)(C)C)OCOCC[Si](C)(C)C)C2(C)C. The van der Waals surface area contributed by atoms with Crippen LogP contribution in [0.2, 0.25) is 69.5 Å². The summed E-state index contributed by atoms with van der Waals surface area (Å²) in [5.74, 6) is 0.106. The van der Waals surface area contributed by atoms with Crippen LogP contribution in [0.4, 0.5) is 0 Å². The molecule has 334 valence electrons. The summed E-state index contributed by atoms with van der Waals surface area (Å²) in [5, 5.41) is 13.0. The molecule has 2 saturated carbocycles. The third kappa shape index (κ3) is 13.2. The lowest BCUT2D eigenvalue weighted by Gasteiger charge is -2.47. The summed E-state index contributed by atoms with van der Waals surface area (Å²) in [7, 11) is -3.08. The van der Waals surface area contributed by atoms with Gasteiger partial charge in [-0.3, -0.25) is 0 Å². The van der Waals surface area contributed by atoms with Gasteiger partial charge < -0.3 is 42.7 Å². The van der Waals surface area contributed by atoms with E-state index in [1.165, 1.54) is 0 Å². The molecule has 0 unspecified atom stereocenters. The molecule has 2 aliphatic rings. The van der Waals surface area contributed by atoms with Crippen molar-refractivity contribution in [3.8, 4) is 0 Å². The fourth-order valence-electron chi connectivity index (χ4n) is 8.40. The highest BCUT2D eigenvalue weighted by molar-refractivity contribution is 6.76. The Hall–Kier alpha value is -1.01. The third-order valence-electron chi connectivity index (χ3n) is 13.3. The molecule has 0 aliphatic heterocycles. The summed E-state index contributed by atoms with van der Waals surface area (Å²) in [5.41, 5.74) is -2.41. The quantitative estimate of drug-likeness (QED) is 0.0402. The number of benzene rings is 1. The molecule has 2 bridgehead atoms. The largest absolute Gasteiger partial charge is 0.417 e. The van der Waals surface area contributed by atoms with Crippen LogP contribution in [-0.2, 0) is 44.2 Å². The van der Waals surface area contributed by atoms with Crippen molar-refractivity contribution in [1.29, 1.82) is 0 Å². The topological polar surface area (TPSA) is 94.1 Å². The van der Waals surface area contributed by atoms with E-state index in [2.05, 4.69) is 111 Å². The maximum atomic E-state index is 12.9. The van der Waals surface area contributed by atoms with Gasteiger partial charge in [-0.1, -0.05) is 129 Å². The fraction of sp³-hybridized carbons (Fsp3) is 0.783. The summed E-state index contributed by atoms with van der Waals surface area (Å²) in [4.78, 5) is 0. The second-order valence-corrected chi connectivity index (χ2v) is 37.3. The summed E-state index contributed by atoms with van der Waals surface area (Å²) in [6.07, 6.45) is 9.51. The molecule has 1 aromatic carbocycles. The lowest BCUT2D eigenvalue weighted by molar-refractivity contribution is -0.201. The summed E-state index contributed by atoms with van der Waals surface area (Å²) in [6, 6.07) is 12.3. The highest BCUT2D eigenvalue weighted by atomic mass is 28.4. The van der Waals surface area contributed by atoms with E-state index in [4.69, 9.17) is 37.6 Å². The van der Waals surface area contributed by atoms with Gasteiger partial charge in [-0.2, -0.15) is 0 Å². The Morgan fingerprint density at radius 1 is 0.845 bits per heavy atom. The van der Waals surface area contributed by atoms with Gasteiger partial charge in [-0.25, -0.2) is 0 Å². The molecular formula is C46H84O9Si3. The maximum Gasteiger partial charge on any atom is 0.191 e. The molecule has 2 fully saturated rings. The van der Waals surface area contributed by atoms with Crippen molar-refractivity contribution in [2.75, 3.05) is 53.9 Å². The Balaban J connectivity index is 2.19. The van der Waals surface area contributed by atoms with Crippen molar-refractivity contribution in [2.24, 2.45) is 16.7 Å². The smallest absolute Gasteiger partial charge is 0.191 e. The number of allylic oxidation sites excluding steroid dienone is 1. The van der Waals surface area contributed by atoms with Gasteiger partial charge in [0.2, 0.25) is 0 Å². The minimum Gasteiger partial charge on any atom is -0.417 e. The molecule has 0 spiro atoms. The Labute approximate surface area is 357 Å². The first-order valence-electron chi connectivity index (χ1n) is 21.7. The predicted octanol–water partition coefficient (Wildman–Crippen LogP) is 10.7. The summed E-state index contributed by atoms with van der Waals surface area (Å²) in [6.45, 7) is 34.5. The van der Waals surface area contributed by atoms with Crippen LogP contribution in [0.5, 0.6) is 0 Å². The van der Waals surface area contributed by atoms with E-state index < -0.39 is 53.3 Å². The van der Waals surface area contributed by atoms with Crippen LogP contribution in [0.25, 0.3) is 0 Å². The molecule has 0 aromatic heterocycles. The average molecular weight is 865 g/mol. The second kappa shape index (κ2) is 21.4. The number of fused-ring (bicyclic) bond motifs is 2. The average Bonchev–Trinajstić information content (AvgIpc) is 3.45.